The van der Waals surface area contributed by atoms with Crippen molar-refractivity contribution in [1.29, 1.82) is 0 Å². The van der Waals surface area contributed by atoms with Gasteiger partial charge in [-0.3, -0.25) is 0 Å². The quantitative estimate of drug-likeness (QED) is 0.323. The van der Waals surface area contributed by atoms with Crippen LogP contribution in [0.15, 0.2) is 91.1 Å². The van der Waals surface area contributed by atoms with Crippen molar-refractivity contribution < 1.29 is 18.0 Å². The van der Waals surface area contributed by atoms with E-state index in [0.717, 1.165) is 23.4 Å². The number of halogens is 3. The van der Waals surface area contributed by atoms with E-state index in [9.17, 15) is 18.0 Å². The maximum Gasteiger partial charge on any atom is 0.416 e. The third-order valence-corrected chi connectivity index (χ3v) is 4.55. The molecule has 3 N–H and O–H groups in total. The van der Waals surface area contributed by atoms with Crippen molar-refractivity contribution in [2.24, 2.45) is 0 Å². The Morgan fingerprint density at radius 1 is 0.758 bits per heavy atom. The lowest BCUT2D eigenvalue weighted by Crippen LogP contribution is -2.19. The van der Waals surface area contributed by atoms with E-state index < -0.39 is 17.8 Å². The molecule has 4 rings (SSSR count). The molecule has 1 aromatic heterocycles. The van der Waals surface area contributed by atoms with Gasteiger partial charge in [0.15, 0.2) is 0 Å². The van der Waals surface area contributed by atoms with Gasteiger partial charge < -0.3 is 16.0 Å². The molecule has 0 radical (unpaired) electrons. The largest absolute Gasteiger partial charge is 0.416 e. The molecular formula is C24H18F3N5O. The highest BCUT2D eigenvalue weighted by Gasteiger charge is 2.30. The number of hydrogen-bond donors (Lipinski definition) is 3. The first-order valence-electron chi connectivity index (χ1n) is 9.88. The SMILES string of the molecule is O=C(Nc1cccc(Nc2nccc(-c3ccccc3)n2)c1)Nc1cccc(C(F)(F)F)c1. The molecule has 0 saturated carbocycles. The fourth-order valence-electron chi connectivity index (χ4n) is 3.06. The number of nitrogens with zero attached hydrogens (tertiary/aromatic N) is 2. The van der Waals surface area contributed by atoms with Crippen molar-refractivity contribution in [2.75, 3.05) is 16.0 Å². The van der Waals surface area contributed by atoms with Crippen LogP contribution in [0, 0.1) is 0 Å². The lowest BCUT2D eigenvalue weighted by Gasteiger charge is -2.12. The number of benzene rings is 3. The van der Waals surface area contributed by atoms with Crippen LogP contribution in [0.1, 0.15) is 5.56 Å². The molecule has 0 aliphatic rings. The number of amides is 2. The summed E-state index contributed by atoms with van der Waals surface area (Å²) < 4.78 is 38.6. The van der Waals surface area contributed by atoms with Gasteiger partial charge >= 0.3 is 12.2 Å². The summed E-state index contributed by atoms with van der Waals surface area (Å²) in [5, 5.41) is 8.09. The fraction of sp³-hybridized carbons (Fsp3) is 0.0417. The van der Waals surface area contributed by atoms with Crippen LogP contribution in [-0.2, 0) is 6.18 Å². The van der Waals surface area contributed by atoms with Gasteiger partial charge in [-0.05, 0) is 42.5 Å². The second-order valence-corrected chi connectivity index (χ2v) is 7.00. The number of nitrogens with one attached hydrogen (secondary N) is 3. The Bertz CT molecular complexity index is 1260. The maximum absolute atomic E-state index is 12.9. The van der Waals surface area contributed by atoms with E-state index in [-0.39, 0.29) is 5.69 Å². The highest BCUT2D eigenvalue weighted by atomic mass is 19.4. The summed E-state index contributed by atoms with van der Waals surface area (Å²) in [6, 6.07) is 22.0. The average molecular weight is 449 g/mol. The van der Waals surface area contributed by atoms with Crippen molar-refractivity contribution >= 4 is 29.0 Å². The molecule has 166 valence electrons. The minimum atomic E-state index is -4.49. The third-order valence-electron chi connectivity index (χ3n) is 4.55. The van der Waals surface area contributed by atoms with Gasteiger partial charge in [0.2, 0.25) is 5.95 Å². The zero-order valence-electron chi connectivity index (χ0n) is 17.1. The Hall–Kier alpha value is -4.40. The number of urea groups is 1. The molecule has 0 saturated heterocycles. The first-order chi connectivity index (χ1) is 15.9. The predicted molar refractivity (Wildman–Crippen MR) is 121 cm³/mol. The van der Waals surface area contributed by atoms with E-state index in [0.29, 0.717) is 17.3 Å². The van der Waals surface area contributed by atoms with Crippen LogP contribution in [0.2, 0.25) is 0 Å². The minimum Gasteiger partial charge on any atom is -0.324 e. The summed E-state index contributed by atoms with van der Waals surface area (Å²) in [7, 11) is 0. The van der Waals surface area contributed by atoms with Gasteiger partial charge in [0, 0.05) is 28.8 Å². The van der Waals surface area contributed by atoms with Crippen LogP contribution in [0.4, 0.5) is 41.0 Å². The number of alkyl halides is 3. The van der Waals surface area contributed by atoms with Crippen molar-refractivity contribution in [2.45, 2.75) is 6.18 Å². The molecule has 0 bridgehead atoms. The van der Waals surface area contributed by atoms with Crippen LogP contribution >= 0.6 is 0 Å². The van der Waals surface area contributed by atoms with Crippen LogP contribution in [-0.4, -0.2) is 16.0 Å². The molecule has 3 aromatic carbocycles. The van der Waals surface area contributed by atoms with Gasteiger partial charge in [0.25, 0.3) is 0 Å². The smallest absolute Gasteiger partial charge is 0.324 e. The van der Waals surface area contributed by atoms with Gasteiger partial charge in [-0.2, -0.15) is 13.2 Å². The van der Waals surface area contributed by atoms with Crippen molar-refractivity contribution in [1.82, 2.24) is 9.97 Å². The first kappa shape index (κ1) is 21.8. The average Bonchev–Trinajstić information content (AvgIpc) is 2.80. The molecule has 0 aliphatic heterocycles. The fourth-order valence-corrected chi connectivity index (χ4v) is 3.06. The van der Waals surface area contributed by atoms with E-state index in [1.807, 2.05) is 30.3 Å². The molecule has 2 amide bonds. The molecule has 33 heavy (non-hydrogen) atoms. The van der Waals surface area contributed by atoms with Crippen LogP contribution in [0.5, 0.6) is 0 Å². The second-order valence-electron chi connectivity index (χ2n) is 7.00. The van der Waals surface area contributed by atoms with E-state index >= 15 is 0 Å². The molecule has 9 heteroatoms. The molecular weight excluding hydrogens is 431 g/mol. The van der Waals surface area contributed by atoms with Gasteiger partial charge in [0.05, 0.1) is 11.3 Å². The number of hydrogen-bond acceptors (Lipinski definition) is 4. The second kappa shape index (κ2) is 9.39. The topological polar surface area (TPSA) is 78.9 Å². The summed E-state index contributed by atoms with van der Waals surface area (Å²) >= 11 is 0. The molecule has 0 unspecified atom stereocenters. The zero-order chi connectivity index (χ0) is 23.3. The lowest BCUT2D eigenvalue weighted by molar-refractivity contribution is -0.137. The number of carbonyl (C=O) groups excluding carboxylic acids is 1. The third kappa shape index (κ3) is 5.85. The molecule has 4 aromatic rings. The molecule has 6 nitrogen and oxygen atoms in total. The number of aromatic nitrogens is 2. The van der Waals surface area contributed by atoms with Gasteiger partial charge in [-0.15, -0.1) is 0 Å². The van der Waals surface area contributed by atoms with Crippen molar-refractivity contribution in [3.8, 4) is 11.3 Å². The monoisotopic (exact) mass is 449 g/mol. The van der Waals surface area contributed by atoms with E-state index in [1.54, 1.807) is 36.5 Å². The molecule has 0 spiro atoms. The van der Waals surface area contributed by atoms with Crippen LogP contribution in [0.3, 0.4) is 0 Å². The minimum absolute atomic E-state index is 0.0303. The molecule has 0 aliphatic carbocycles. The standard InChI is InChI=1S/C24H18F3N5O/c25-24(26,27)17-8-4-9-18(14-17)30-23(33)31-20-11-5-10-19(15-20)29-22-28-13-12-21(32-22)16-6-2-1-3-7-16/h1-15H,(H,28,29,32)(H2,30,31,33). The number of rotatable bonds is 5. The summed E-state index contributed by atoms with van der Waals surface area (Å²) in [6.07, 6.45) is -2.85. The van der Waals surface area contributed by atoms with Crippen LogP contribution in [0.25, 0.3) is 11.3 Å². The summed E-state index contributed by atoms with van der Waals surface area (Å²) in [5.41, 5.74) is 1.94. The zero-order valence-corrected chi connectivity index (χ0v) is 17.1. The summed E-state index contributed by atoms with van der Waals surface area (Å²) in [6.45, 7) is 0. The Morgan fingerprint density at radius 3 is 2.15 bits per heavy atom. The van der Waals surface area contributed by atoms with Gasteiger partial charge in [-0.1, -0.05) is 42.5 Å². The van der Waals surface area contributed by atoms with E-state index in [1.165, 1.54) is 12.1 Å². The summed E-state index contributed by atoms with van der Waals surface area (Å²) in [4.78, 5) is 21.0. The number of carbonyl (C=O) groups is 1. The maximum atomic E-state index is 12.9. The normalized spacial score (nSPS) is 11.0. The van der Waals surface area contributed by atoms with E-state index in [2.05, 4.69) is 25.9 Å². The van der Waals surface area contributed by atoms with Crippen LogP contribution < -0.4 is 16.0 Å². The first-order valence-corrected chi connectivity index (χ1v) is 9.88. The van der Waals surface area contributed by atoms with E-state index in [4.69, 9.17) is 0 Å². The Kier molecular flexibility index (Phi) is 6.21. The van der Waals surface area contributed by atoms with Gasteiger partial charge in [0.1, 0.15) is 0 Å². The van der Waals surface area contributed by atoms with Crippen molar-refractivity contribution in [3.63, 3.8) is 0 Å². The van der Waals surface area contributed by atoms with Gasteiger partial charge in [-0.25, -0.2) is 14.8 Å². The predicted octanol–water partition coefficient (Wildman–Crippen LogP) is 6.55. The Morgan fingerprint density at radius 2 is 1.42 bits per heavy atom. The van der Waals surface area contributed by atoms with Crippen molar-refractivity contribution in [3.05, 3.63) is 96.7 Å². The molecule has 0 atom stereocenters. The highest BCUT2D eigenvalue weighted by Crippen LogP contribution is 2.30. The summed E-state index contributed by atoms with van der Waals surface area (Å²) in [5.74, 6) is 0.377. The molecule has 0 fully saturated rings. The number of anilines is 4. The highest BCUT2D eigenvalue weighted by molar-refractivity contribution is 6.00. The Balaban J connectivity index is 1.43. The molecule has 1 heterocycles. The Labute approximate surface area is 187 Å². The lowest BCUT2D eigenvalue weighted by atomic mass is 10.1.